The van der Waals surface area contributed by atoms with Crippen molar-refractivity contribution in [2.24, 2.45) is 5.92 Å². The average Bonchev–Trinajstić information content (AvgIpc) is 3.16. The highest BCUT2D eigenvalue weighted by molar-refractivity contribution is 7.92. The van der Waals surface area contributed by atoms with Gasteiger partial charge < -0.3 is 10.2 Å². The molecule has 2 heterocycles. The quantitative estimate of drug-likeness (QED) is 0.589. The van der Waals surface area contributed by atoms with Crippen LogP contribution in [0.4, 0.5) is 21.7 Å². The molecule has 0 saturated carbocycles. The zero-order chi connectivity index (χ0) is 22.7. The molecule has 11 heteroatoms. The number of halogens is 1. The van der Waals surface area contributed by atoms with Crippen LogP contribution in [0.2, 0.25) is 0 Å². The van der Waals surface area contributed by atoms with Crippen molar-refractivity contribution in [3.8, 4) is 0 Å². The molecule has 1 fully saturated rings. The lowest BCUT2D eigenvalue weighted by Crippen LogP contribution is -2.28. The fraction of sp³-hybridized carbons (Fsp3) is 0.143. The van der Waals surface area contributed by atoms with Gasteiger partial charge in [-0.15, -0.1) is 0 Å². The Hall–Kier alpha value is -3.86. The number of aromatic nitrogens is 2. The van der Waals surface area contributed by atoms with E-state index in [2.05, 4.69) is 20.0 Å². The third-order valence-electron chi connectivity index (χ3n) is 4.86. The lowest BCUT2D eigenvalue weighted by molar-refractivity contribution is -0.122. The van der Waals surface area contributed by atoms with Crippen molar-refractivity contribution in [2.75, 3.05) is 21.5 Å². The number of para-hydroxylation sites is 1. The summed E-state index contributed by atoms with van der Waals surface area (Å²) in [5.74, 6) is -2.01. The molecule has 1 aliphatic heterocycles. The monoisotopic (exact) mass is 455 g/mol. The zero-order valence-electron chi connectivity index (χ0n) is 16.6. The van der Waals surface area contributed by atoms with Crippen LogP contribution in [-0.4, -0.2) is 36.7 Å². The first-order valence-electron chi connectivity index (χ1n) is 9.59. The van der Waals surface area contributed by atoms with Crippen LogP contribution in [0.25, 0.3) is 0 Å². The molecule has 0 aliphatic carbocycles. The van der Waals surface area contributed by atoms with Crippen LogP contribution in [-0.2, 0) is 19.6 Å². The van der Waals surface area contributed by atoms with Gasteiger partial charge >= 0.3 is 0 Å². The summed E-state index contributed by atoms with van der Waals surface area (Å²) in [5, 5.41) is 2.67. The van der Waals surface area contributed by atoms with E-state index in [-0.39, 0.29) is 35.4 Å². The van der Waals surface area contributed by atoms with Gasteiger partial charge in [0, 0.05) is 31.0 Å². The molecule has 3 aromatic rings. The topological polar surface area (TPSA) is 121 Å². The summed E-state index contributed by atoms with van der Waals surface area (Å²) < 4.78 is 41.1. The molecule has 1 saturated heterocycles. The number of nitrogens with one attached hydrogen (secondary N) is 2. The van der Waals surface area contributed by atoms with E-state index in [1.165, 1.54) is 59.8 Å². The lowest BCUT2D eigenvalue weighted by Gasteiger charge is -2.17. The first-order valence-corrected chi connectivity index (χ1v) is 11.1. The average molecular weight is 455 g/mol. The molecule has 2 N–H and O–H groups in total. The molecule has 1 aliphatic rings. The number of carbonyl (C=O) groups is 2. The Morgan fingerprint density at radius 1 is 1.03 bits per heavy atom. The lowest BCUT2D eigenvalue weighted by atomic mass is 10.1. The molecule has 1 unspecified atom stereocenters. The molecule has 32 heavy (non-hydrogen) atoms. The molecule has 1 atom stereocenters. The smallest absolute Gasteiger partial charge is 0.264 e. The fourth-order valence-corrected chi connectivity index (χ4v) is 4.24. The molecule has 9 nitrogen and oxygen atoms in total. The second-order valence-electron chi connectivity index (χ2n) is 7.05. The molecule has 164 valence electrons. The largest absolute Gasteiger partial charge is 0.326 e. The summed E-state index contributed by atoms with van der Waals surface area (Å²) in [6.07, 6.45) is 2.77. The van der Waals surface area contributed by atoms with Crippen LogP contribution in [0.5, 0.6) is 0 Å². The standard InChI is InChI=1S/C21H18FN5O4S/c22-17-4-1-2-5-18(17)27-13-14(12-19(27)28)20(29)25-15-6-8-16(9-7-15)32(30,31)26-21-23-10-3-11-24-21/h1-11,14H,12-13H2,(H,25,29)(H,23,24,26). The van der Waals surface area contributed by atoms with Crippen molar-refractivity contribution < 1.29 is 22.4 Å². The summed E-state index contributed by atoms with van der Waals surface area (Å²) in [4.78, 5) is 33.8. The number of benzene rings is 2. The zero-order valence-corrected chi connectivity index (χ0v) is 17.4. The molecule has 0 bridgehead atoms. The van der Waals surface area contributed by atoms with Crippen molar-refractivity contribution in [3.05, 3.63) is 72.8 Å². The van der Waals surface area contributed by atoms with Crippen LogP contribution >= 0.6 is 0 Å². The van der Waals surface area contributed by atoms with Gasteiger partial charge in [-0.05, 0) is 42.5 Å². The van der Waals surface area contributed by atoms with Crippen molar-refractivity contribution in [1.29, 1.82) is 0 Å². The number of carbonyl (C=O) groups excluding carboxylic acids is 2. The summed E-state index contributed by atoms with van der Waals surface area (Å²) in [6, 6.07) is 13.0. The Bertz CT molecular complexity index is 1250. The summed E-state index contributed by atoms with van der Waals surface area (Å²) in [5.41, 5.74) is 0.499. The van der Waals surface area contributed by atoms with E-state index in [0.29, 0.717) is 5.69 Å². The molecular weight excluding hydrogens is 437 g/mol. The minimum absolute atomic E-state index is 0.0373. The maximum absolute atomic E-state index is 14.0. The molecule has 4 rings (SSSR count). The fourth-order valence-electron chi connectivity index (χ4n) is 3.28. The van der Waals surface area contributed by atoms with Crippen molar-refractivity contribution in [3.63, 3.8) is 0 Å². The highest BCUT2D eigenvalue weighted by Crippen LogP contribution is 2.28. The van der Waals surface area contributed by atoms with E-state index >= 15 is 0 Å². The maximum atomic E-state index is 14.0. The van der Waals surface area contributed by atoms with Gasteiger partial charge in [-0.25, -0.2) is 27.5 Å². The van der Waals surface area contributed by atoms with E-state index in [0.717, 1.165) is 0 Å². The van der Waals surface area contributed by atoms with Gasteiger partial charge in [-0.2, -0.15) is 0 Å². The van der Waals surface area contributed by atoms with Crippen LogP contribution in [0, 0.1) is 11.7 Å². The van der Waals surface area contributed by atoms with Crippen LogP contribution in [0.1, 0.15) is 6.42 Å². The minimum atomic E-state index is -3.90. The maximum Gasteiger partial charge on any atom is 0.264 e. The van der Waals surface area contributed by atoms with E-state index in [1.54, 1.807) is 12.1 Å². The number of rotatable bonds is 6. The summed E-state index contributed by atoms with van der Waals surface area (Å²) in [6.45, 7) is 0.0546. The Morgan fingerprint density at radius 3 is 2.41 bits per heavy atom. The third kappa shape index (κ3) is 4.57. The van der Waals surface area contributed by atoms with Gasteiger partial charge in [0.05, 0.1) is 16.5 Å². The minimum Gasteiger partial charge on any atom is -0.326 e. The van der Waals surface area contributed by atoms with Crippen LogP contribution in [0.15, 0.2) is 71.9 Å². The number of nitrogens with zero attached hydrogens (tertiary/aromatic N) is 3. The Kier molecular flexibility index (Phi) is 5.82. The van der Waals surface area contributed by atoms with Gasteiger partial charge in [0.25, 0.3) is 10.0 Å². The Morgan fingerprint density at radius 2 is 1.72 bits per heavy atom. The van der Waals surface area contributed by atoms with Crippen LogP contribution in [0.3, 0.4) is 0 Å². The van der Waals surface area contributed by atoms with E-state index in [9.17, 15) is 22.4 Å². The molecule has 1 aromatic heterocycles. The van der Waals surface area contributed by atoms with E-state index in [1.807, 2.05) is 0 Å². The Labute approximate surface area is 183 Å². The molecular formula is C21H18FN5O4S. The van der Waals surface area contributed by atoms with Crippen LogP contribution < -0.4 is 14.9 Å². The third-order valence-corrected chi connectivity index (χ3v) is 6.21. The number of amides is 2. The van der Waals surface area contributed by atoms with Gasteiger partial charge in [-0.1, -0.05) is 12.1 Å². The normalized spacial score (nSPS) is 16.1. The molecule has 2 aromatic carbocycles. The van der Waals surface area contributed by atoms with Crippen molar-refractivity contribution in [2.45, 2.75) is 11.3 Å². The SMILES string of the molecule is O=C(Nc1ccc(S(=O)(=O)Nc2ncccn2)cc1)C1CC(=O)N(c2ccccc2F)C1. The number of sulfonamides is 1. The number of hydrogen-bond donors (Lipinski definition) is 2. The number of anilines is 3. The summed E-state index contributed by atoms with van der Waals surface area (Å²) >= 11 is 0. The first-order chi connectivity index (χ1) is 15.3. The summed E-state index contributed by atoms with van der Waals surface area (Å²) in [7, 11) is -3.90. The van der Waals surface area contributed by atoms with Gasteiger partial charge in [0.1, 0.15) is 5.82 Å². The second kappa shape index (κ2) is 8.71. The predicted molar refractivity (Wildman–Crippen MR) is 115 cm³/mol. The first kappa shape index (κ1) is 21.4. The molecule has 0 radical (unpaired) electrons. The second-order valence-corrected chi connectivity index (χ2v) is 8.73. The Balaban J connectivity index is 1.41. The van der Waals surface area contributed by atoms with Crippen molar-refractivity contribution in [1.82, 2.24) is 9.97 Å². The highest BCUT2D eigenvalue weighted by atomic mass is 32.2. The highest BCUT2D eigenvalue weighted by Gasteiger charge is 2.36. The van der Waals surface area contributed by atoms with E-state index < -0.39 is 27.7 Å². The van der Waals surface area contributed by atoms with Gasteiger partial charge in [-0.3, -0.25) is 9.59 Å². The molecule has 0 spiro atoms. The van der Waals surface area contributed by atoms with Gasteiger partial charge in [0.2, 0.25) is 17.8 Å². The van der Waals surface area contributed by atoms with Gasteiger partial charge in [0.15, 0.2) is 0 Å². The molecule has 2 amide bonds. The van der Waals surface area contributed by atoms with Crippen molar-refractivity contribution >= 4 is 39.2 Å². The number of hydrogen-bond acceptors (Lipinski definition) is 6. The van der Waals surface area contributed by atoms with E-state index in [4.69, 9.17) is 0 Å². The predicted octanol–water partition coefficient (Wildman–Crippen LogP) is 2.41.